The standard InChI is InChI=1S/C17H14BrNO3/c1-9-13(10(2)20)4-5-15(19-9)14-8-11-7-12(18)3-6-16(11)22-17(14)21/h3-9,19H,1-2H3. The zero-order valence-electron chi connectivity index (χ0n) is 12.1. The van der Waals surface area contributed by atoms with Gasteiger partial charge in [0, 0.05) is 21.1 Å². The van der Waals surface area contributed by atoms with E-state index in [0.29, 0.717) is 22.4 Å². The first-order valence-corrected chi connectivity index (χ1v) is 7.68. The quantitative estimate of drug-likeness (QED) is 0.834. The van der Waals surface area contributed by atoms with Crippen molar-refractivity contribution in [3.8, 4) is 0 Å². The van der Waals surface area contributed by atoms with Gasteiger partial charge in [-0.1, -0.05) is 22.0 Å². The van der Waals surface area contributed by atoms with Crippen molar-refractivity contribution in [1.29, 1.82) is 0 Å². The van der Waals surface area contributed by atoms with Crippen molar-refractivity contribution in [2.24, 2.45) is 0 Å². The van der Waals surface area contributed by atoms with Gasteiger partial charge in [-0.25, -0.2) is 4.79 Å². The van der Waals surface area contributed by atoms with Crippen molar-refractivity contribution < 1.29 is 9.21 Å². The molecule has 0 fully saturated rings. The average molecular weight is 360 g/mol. The Morgan fingerprint density at radius 2 is 2.05 bits per heavy atom. The number of dihydropyridines is 1. The number of carbonyl (C=O) groups is 1. The highest BCUT2D eigenvalue weighted by Crippen LogP contribution is 2.23. The van der Waals surface area contributed by atoms with Crippen LogP contribution < -0.4 is 10.9 Å². The van der Waals surface area contributed by atoms with E-state index in [1.54, 1.807) is 24.3 Å². The Labute approximate surface area is 135 Å². The number of Topliss-reactive ketones (excluding diaryl/α,β-unsaturated/α-hetero) is 1. The van der Waals surface area contributed by atoms with Crippen molar-refractivity contribution in [2.75, 3.05) is 0 Å². The predicted octanol–water partition coefficient (Wildman–Crippen LogP) is 3.40. The van der Waals surface area contributed by atoms with Crippen LogP contribution in [0.2, 0.25) is 0 Å². The number of allylic oxidation sites excluding steroid dienone is 2. The third-order valence-corrected chi connectivity index (χ3v) is 4.15. The molecule has 4 nitrogen and oxygen atoms in total. The van der Waals surface area contributed by atoms with E-state index in [1.807, 2.05) is 19.1 Å². The van der Waals surface area contributed by atoms with Gasteiger partial charge in [0.2, 0.25) is 0 Å². The van der Waals surface area contributed by atoms with Crippen LogP contribution in [0.1, 0.15) is 19.4 Å². The van der Waals surface area contributed by atoms with E-state index in [-0.39, 0.29) is 11.8 Å². The fourth-order valence-corrected chi connectivity index (χ4v) is 2.93. The van der Waals surface area contributed by atoms with E-state index >= 15 is 0 Å². The molecule has 22 heavy (non-hydrogen) atoms. The number of ketones is 1. The van der Waals surface area contributed by atoms with E-state index in [1.165, 1.54) is 6.92 Å². The van der Waals surface area contributed by atoms with Crippen molar-refractivity contribution in [3.05, 3.63) is 62.4 Å². The molecule has 1 unspecified atom stereocenters. The summed E-state index contributed by atoms with van der Waals surface area (Å²) in [4.78, 5) is 23.7. The largest absolute Gasteiger partial charge is 0.422 e. The van der Waals surface area contributed by atoms with Gasteiger partial charge < -0.3 is 9.73 Å². The molecule has 1 aliphatic heterocycles. The molecule has 0 bridgehead atoms. The molecule has 1 aromatic carbocycles. The molecule has 2 heterocycles. The summed E-state index contributed by atoms with van der Waals surface area (Å²) >= 11 is 3.41. The van der Waals surface area contributed by atoms with Gasteiger partial charge in [0.25, 0.3) is 0 Å². The summed E-state index contributed by atoms with van der Waals surface area (Å²) in [5, 5.41) is 4.02. The van der Waals surface area contributed by atoms with Crippen LogP contribution in [0.25, 0.3) is 16.7 Å². The number of fused-ring (bicyclic) bond motifs is 1. The third-order valence-electron chi connectivity index (χ3n) is 3.66. The van der Waals surface area contributed by atoms with Gasteiger partial charge in [0.1, 0.15) is 5.58 Å². The molecular formula is C17H14BrNO3. The Kier molecular flexibility index (Phi) is 3.74. The van der Waals surface area contributed by atoms with E-state index in [9.17, 15) is 9.59 Å². The van der Waals surface area contributed by atoms with E-state index in [2.05, 4.69) is 21.2 Å². The number of hydrogen-bond donors (Lipinski definition) is 1. The van der Waals surface area contributed by atoms with Crippen LogP contribution in [-0.4, -0.2) is 11.8 Å². The topological polar surface area (TPSA) is 59.3 Å². The molecule has 3 rings (SSSR count). The monoisotopic (exact) mass is 359 g/mol. The number of nitrogens with one attached hydrogen (secondary N) is 1. The normalized spacial score (nSPS) is 17.7. The van der Waals surface area contributed by atoms with Gasteiger partial charge in [-0.2, -0.15) is 0 Å². The van der Waals surface area contributed by atoms with E-state index in [0.717, 1.165) is 9.86 Å². The first-order valence-electron chi connectivity index (χ1n) is 6.89. The minimum absolute atomic E-state index is 0.0183. The first-order chi connectivity index (χ1) is 10.5. The fourth-order valence-electron chi connectivity index (χ4n) is 2.55. The number of benzene rings is 1. The second-order valence-electron chi connectivity index (χ2n) is 5.25. The van der Waals surface area contributed by atoms with Gasteiger partial charge in [0.15, 0.2) is 5.78 Å². The lowest BCUT2D eigenvalue weighted by Gasteiger charge is -2.22. The Bertz CT molecular complexity index is 892. The van der Waals surface area contributed by atoms with Crippen molar-refractivity contribution in [2.45, 2.75) is 19.9 Å². The summed E-state index contributed by atoms with van der Waals surface area (Å²) < 4.78 is 6.28. The molecule has 0 radical (unpaired) electrons. The molecule has 1 atom stereocenters. The molecule has 0 spiro atoms. The van der Waals surface area contributed by atoms with Crippen molar-refractivity contribution >= 4 is 38.4 Å². The molecule has 1 N–H and O–H groups in total. The van der Waals surface area contributed by atoms with Crippen LogP contribution in [0.5, 0.6) is 0 Å². The average Bonchev–Trinajstić information content (AvgIpc) is 2.46. The Balaban J connectivity index is 2.13. The highest BCUT2D eigenvalue weighted by atomic mass is 79.9. The zero-order chi connectivity index (χ0) is 15.9. The van der Waals surface area contributed by atoms with E-state index < -0.39 is 5.63 Å². The Morgan fingerprint density at radius 3 is 2.73 bits per heavy atom. The second kappa shape index (κ2) is 5.57. The van der Waals surface area contributed by atoms with Gasteiger partial charge in [-0.15, -0.1) is 0 Å². The first kappa shape index (κ1) is 14.8. The smallest absolute Gasteiger partial charge is 0.345 e. The van der Waals surface area contributed by atoms with Crippen LogP contribution in [0, 0.1) is 0 Å². The summed E-state index contributed by atoms with van der Waals surface area (Å²) in [5.41, 5.74) is 1.95. The van der Waals surface area contributed by atoms with Crippen LogP contribution in [0.4, 0.5) is 0 Å². The van der Waals surface area contributed by atoms with Crippen molar-refractivity contribution in [3.63, 3.8) is 0 Å². The molecule has 112 valence electrons. The number of hydrogen-bond acceptors (Lipinski definition) is 4. The van der Waals surface area contributed by atoms with E-state index in [4.69, 9.17) is 4.42 Å². The molecule has 1 aromatic heterocycles. The maximum atomic E-state index is 12.2. The second-order valence-corrected chi connectivity index (χ2v) is 6.17. The number of halogens is 1. The van der Waals surface area contributed by atoms with Gasteiger partial charge in [-0.05, 0) is 44.2 Å². The van der Waals surface area contributed by atoms with Crippen LogP contribution in [0.15, 0.2) is 55.7 Å². The molecule has 0 amide bonds. The van der Waals surface area contributed by atoms with Gasteiger partial charge in [-0.3, -0.25) is 4.79 Å². The number of carbonyl (C=O) groups excluding carboxylic acids is 1. The maximum absolute atomic E-state index is 12.2. The summed E-state index contributed by atoms with van der Waals surface area (Å²) in [7, 11) is 0. The predicted molar refractivity (Wildman–Crippen MR) is 89.5 cm³/mol. The molecule has 0 aliphatic carbocycles. The number of rotatable bonds is 2. The molecule has 5 heteroatoms. The van der Waals surface area contributed by atoms with Crippen LogP contribution >= 0.6 is 15.9 Å². The molecule has 2 aromatic rings. The molecule has 1 aliphatic rings. The van der Waals surface area contributed by atoms with Gasteiger partial charge >= 0.3 is 5.63 Å². The lowest BCUT2D eigenvalue weighted by Crippen LogP contribution is -2.33. The molecule has 0 saturated heterocycles. The van der Waals surface area contributed by atoms with Crippen LogP contribution in [0.3, 0.4) is 0 Å². The fraction of sp³-hybridized carbons (Fsp3) is 0.176. The highest BCUT2D eigenvalue weighted by molar-refractivity contribution is 9.10. The maximum Gasteiger partial charge on any atom is 0.345 e. The third kappa shape index (κ3) is 2.64. The minimum atomic E-state index is -0.402. The van der Waals surface area contributed by atoms with Gasteiger partial charge in [0.05, 0.1) is 11.6 Å². The zero-order valence-corrected chi connectivity index (χ0v) is 13.7. The van der Waals surface area contributed by atoms with Crippen molar-refractivity contribution in [1.82, 2.24) is 5.32 Å². The lowest BCUT2D eigenvalue weighted by atomic mass is 9.99. The Morgan fingerprint density at radius 1 is 1.27 bits per heavy atom. The summed E-state index contributed by atoms with van der Waals surface area (Å²) in [6.45, 7) is 3.42. The summed E-state index contributed by atoms with van der Waals surface area (Å²) in [5.74, 6) is 0.0183. The minimum Gasteiger partial charge on any atom is -0.422 e. The van der Waals surface area contributed by atoms with Crippen LogP contribution in [-0.2, 0) is 4.79 Å². The highest BCUT2D eigenvalue weighted by Gasteiger charge is 2.20. The summed E-state index contributed by atoms with van der Waals surface area (Å²) in [6, 6.07) is 7.13. The SMILES string of the molecule is CC(=O)C1=CC=C(c2cc3cc(Br)ccc3oc2=O)NC1C. The Hall–Kier alpha value is -2.14. The molecule has 0 saturated carbocycles. The lowest BCUT2D eigenvalue weighted by molar-refractivity contribution is -0.113. The molecular weight excluding hydrogens is 346 g/mol. The summed E-state index contributed by atoms with van der Waals surface area (Å²) in [6.07, 6.45) is 3.50.